The average Bonchev–Trinajstić information content (AvgIpc) is 2.87. The van der Waals surface area contributed by atoms with Gasteiger partial charge >= 0.3 is 0 Å². The van der Waals surface area contributed by atoms with Gasteiger partial charge in [-0.3, -0.25) is 0 Å². The molecule has 2 aromatic rings. The van der Waals surface area contributed by atoms with Gasteiger partial charge in [-0.25, -0.2) is 0 Å². The van der Waals surface area contributed by atoms with E-state index in [0.29, 0.717) is 15.1 Å². The lowest BCUT2D eigenvalue weighted by Gasteiger charge is -2.10. The van der Waals surface area contributed by atoms with Crippen molar-refractivity contribution in [2.45, 2.75) is 5.54 Å². The molecule has 70 valence electrons. The van der Waals surface area contributed by atoms with E-state index in [9.17, 15) is 0 Å². The van der Waals surface area contributed by atoms with E-state index in [1.54, 1.807) is 0 Å². The van der Waals surface area contributed by atoms with Crippen molar-refractivity contribution in [2.75, 3.05) is 0 Å². The fraction of sp³-hybridized carbons (Fsp3) is 0.0909. The molecule has 14 heavy (non-hydrogen) atoms. The van der Waals surface area contributed by atoms with E-state index in [-0.39, 0.29) is 0 Å². The van der Waals surface area contributed by atoms with Gasteiger partial charge in [0.2, 0.25) is 0 Å². The predicted octanol–water partition coefficient (Wildman–Crippen LogP) is 2.28. The van der Waals surface area contributed by atoms with Gasteiger partial charge in [0, 0.05) is 29.3 Å². The maximum Gasteiger partial charge on any atom is 0.0878 e. The Bertz CT molecular complexity index is 341. The first-order valence-electron chi connectivity index (χ1n) is 4.55. The highest BCUT2D eigenvalue weighted by Crippen LogP contribution is 2.20. The third kappa shape index (κ3) is 1.72. The monoisotopic (exact) mass is 200 g/mol. The van der Waals surface area contributed by atoms with Crippen LogP contribution < -0.4 is 0 Å². The molecule has 2 nitrogen and oxygen atoms in total. The summed E-state index contributed by atoms with van der Waals surface area (Å²) < 4.78 is 0. The summed E-state index contributed by atoms with van der Waals surface area (Å²) in [6.07, 6.45) is 3.91. The van der Waals surface area contributed by atoms with E-state index in [0.717, 1.165) is 0 Å². The SMILES string of the molecule is C=C[Si]C(c1ccc[nH]1)c1ccc[nH]1. The third-order valence-electron chi connectivity index (χ3n) is 2.15. The summed E-state index contributed by atoms with van der Waals surface area (Å²) in [6, 6.07) is 8.28. The van der Waals surface area contributed by atoms with Crippen LogP contribution in [0.15, 0.2) is 48.9 Å². The molecule has 3 heteroatoms. The van der Waals surface area contributed by atoms with Crippen LogP contribution >= 0.6 is 0 Å². The first kappa shape index (κ1) is 9.09. The summed E-state index contributed by atoms with van der Waals surface area (Å²) >= 11 is 0. The van der Waals surface area contributed by atoms with Crippen LogP contribution in [0.1, 0.15) is 16.9 Å². The second-order valence-corrected chi connectivity index (χ2v) is 4.37. The second-order valence-electron chi connectivity index (χ2n) is 3.05. The highest BCUT2D eigenvalue weighted by Gasteiger charge is 2.14. The smallest absolute Gasteiger partial charge is 0.0878 e. The van der Waals surface area contributed by atoms with Gasteiger partial charge in [-0.05, 0) is 24.3 Å². The van der Waals surface area contributed by atoms with Crippen LogP contribution in [0.4, 0.5) is 0 Å². The Morgan fingerprint density at radius 1 is 1.14 bits per heavy atom. The predicted molar refractivity (Wildman–Crippen MR) is 59.4 cm³/mol. The summed E-state index contributed by atoms with van der Waals surface area (Å²) in [4.78, 5) is 6.50. The van der Waals surface area contributed by atoms with Crippen LogP contribution in [-0.4, -0.2) is 19.5 Å². The standard InChI is InChI=1S/C11H12N2Si/c1-2-14-11(9-5-3-7-12-9)10-6-4-8-13-10/h2-8,11-13H,1H2. The van der Waals surface area contributed by atoms with Crippen molar-refractivity contribution in [3.63, 3.8) is 0 Å². The third-order valence-corrected chi connectivity index (χ3v) is 3.34. The molecule has 0 saturated carbocycles. The molecule has 2 N–H and O–H groups in total. The summed E-state index contributed by atoms with van der Waals surface area (Å²) in [5.74, 6) is 0. The van der Waals surface area contributed by atoms with Crippen molar-refractivity contribution >= 4 is 9.52 Å². The van der Waals surface area contributed by atoms with Crippen LogP contribution in [0.2, 0.25) is 0 Å². The minimum atomic E-state index is 0.400. The summed E-state index contributed by atoms with van der Waals surface area (Å²) in [6.45, 7) is 3.80. The van der Waals surface area contributed by atoms with Gasteiger partial charge in [0.25, 0.3) is 0 Å². The normalized spacial score (nSPS) is 10.6. The van der Waals surface area contributed by atoms with E-state index < -0.39 is 0 Å². The molecule has 0 saturated heterocycles. The second kappa shape index (κ2) is 4.15. The van der Waals surface area contributed by atoms with Crippen LogP contribution in [0.3, 0.4) is 0 Å². The van der Waals surface area contributed by atoms with E-state index in [1.807, 2.05) is 30.2 Å². The van der Waals surface area contributed by atoms with Gasteiger partial charge in [-0.2, -0.15) is 0 Å². The summed E-state index contributed by atoms with van der Waals surface area (Å²) in [5, 5.41) is 0. The molecule has 2 aromatic heterocycles. The number of hydrogen-bond acceptors (Lipinski definition) is 0. The lowest BCUT2D eigenvalue weighted by Crippen LogP contribution is -2.08. The number of rotatable bonds is 4. The van der Waals surface area contributed by atoms with E-state index in [4.69, 9.17) is 0 Å². The Labute approximate surface area is 85.9 Å². The molecule has 2 rings (SSSR count). The minimum absolute atomic E-state index is 0.400. The minimum Gasteiger partial charge on any atom is -0.365 e. The quantitative estimate of drug-likeness (QED) is 0.710. The fourth-order valence-electron chi connectivity index (χ4n) is 1.51. The first-order chi connectivity index (χ1) is 6.92. The van der Waals surface area contributed by atoms with Crippen LogP contribution in [0.5, 0.6) is 0 Å². The Kier molecular flexibility index (Phi) is 2.69. The molecule has 0 amide bonds. The molecule has 2 radical (unpaired) electrons. The lowest BCUT2D eigenvalue weighted by atomic mass is 10.2. The van der Waals surface area contributed by atoms with E-state index in [2.05, 4.69) is 28.7 Å². The molecule has 0 fully saturated rings. The Balaban J connectivity index is 2.29. The van der Waals surface area contributed by atoms with Crippen LogP contribution in [-0.2, 0) is 0 Å². The number of nitrogens with one attached hydrogen (secondary N) is 2. The Morgan fingerprint density at radius 2 is 1.71 bits per heavy atom. The van der Waals surface area contributed by atoms with Gasteiger partial charge < -0.3 is 9.97 Å². The molecule has 0 aliphatic rings. The highest BCUT2D eigenvalue weighted by atomic mass is 28.2. The van der Waals surface area contributed by atoms with Gasteiger partial charge in [0.15, 0.2) is 0 Å². The van der Waals surface area contributed by atoms with Crippen molar-refractivity contribution in [2.24, 2.45) is 0 Å². The van der Waals surface area contributed by atoms with Crippen molar-refractivity contribution < 1.29 is 0 Å². The Hall–Kier alpha value is -1.48. The van der Waals surface area contributed by atoms with Crippen molar-refractivity contribution in [1.29, 1.82) is 0 Å². The van der Waals surface area contributed by atoms with E-state index in [1.165, 1.54) is 11.4 Å². The number of aromatic nitrogens is 2. The maximum atomic E-state index is 3.80. The molecule has 0 atom stereocenters. The number of H-pyrrole nitrogens is 2. The van der Waals surface area contributed by atoms with Gasteiger partial charge in [-0.15, -0.1) is 12.3 Å². The molecular weight excluding hydrogens is 188 g/mol. The molecule has 0 aliphatic heterocycles. The van der Waals surface area contributed by atoms with Crippen molar-refractivity contribution in [3.05, 3.63) is 60.3 Å². The zero-order chi connectivity index (χ0) is 9.80. The Morgan fingerprint density at radius 3 is 2.07 bits per heavy atom. The van der Waals surface area contributed by atoms with E-state index >= 15 is 0 Å². The maximum absolute atomic E-state index is 3.80. The first-order valence-corrected chi connectivity index (χ1v) is 5.71. The van der Waals surface area contributed by atoms with Gasteiger partial charge in [-0.1, -0.05) is 0 Å². The van der Waals surface area contributed by atoms with Gasteiger partial charge in [0.1, 0.15) is 0 Å². The fourth-order valence-corrected chi connectivity index (χ4v) is 2.47. The molecular formula is C11H12N2Si. The number of hydrogen-bond donors (Lipinski definition) is 2. The summed E-state index contributed by atoms with van der Waals surface area (Å²) in [7, 11) is 0.696. The van der Waals surface area contributed by atoms with Crippen molar-refractivity contribution in [1.82, 2.24) is 9.97 Å². The van der Waals surface area contributed by atoms with Gasteiger partial charge in [0.05, 0.1) is 9.52 Å². The van der Waals surface area contributed by atoms with Crippen LogP contribution in [0.25, 0.3) is 0 Å². The molecule has 0 aromatic carbocycles. The number of aromatic amines is 2. The highest BCUT2D eigenvalue weighted by molar-refractivity contribution is 6.44. The molecule has 0 unspecified atom stereocenters. The van der Waals surface area contributed by atoms with Crippen molar-refractivity contribution in [3.8, 4) is 0 Å². The molecule has 2 heterocycles. The summed E-state index contributed by atoms with van der Waals surface area (Å²) in [5.41, 5.74) is 4.86. The zero-order valence-corrected chi connectivity index (χ0v) is 8.83. The zero-order valence-electron chi connectivity index (χ0n) is 7.83. The molecule has 0 aliphatic carbocycles. The average molecular weight is 200 g/mol. The van der Waals surface area contributed by atoms with Crippen LogP contribution in [0, 0.1) is 0 Å². The largest absolute Gasteiger partial charge is 0.365 e. The molecule has 0 spiro atoms. The lowest BCUT2D eigenvalue weighted by molar-refractivity contribution is 1.01. The topological polar surface area (TPSA) is 31.6 Å². The molecule has 0 bridgehead atoms.